The van der Waals surface area contributed by atoms with Gasteiger partial charge in [0, 0.05) is 50.2 Å². The van der Waals surface area contributed by atoms with E-state index in [0.717, 1.165) is 37.5 Å². The summed E-state index contributed by atoms with van der Waals surface area (Å²) in [6.45, 7) is 15.2. The molecular formula is C21H35N3O. The topological polar surface area (TPSA) is 28.5 Å². The predicted molar refractivity (Wildman–Crippen MR) is 103 cm³/mol. The van der Waals surface area contributed by atoms with Crippen LogP contribution in [0.3, 0.4) is 0 Å². The Balaban J connectivity index is 1.72. The number of aromatic nitrogens is 1. The molecule has 1 saturated carbocycles. The van der Waals surface area contributed by atoms with E-state index < -0.39 is 0 Å². The molecule has 3 rings (SSSR count). The number of rotatable bonds is 4. The van der Waals surface area contributed by atoms with Crippen LogP contribution in [0.25, 0.3) is 0 Å². The number of carbonyl (C=O) groups is 1. The van der Waals surface area contributed by atoms with Crippen molar-refractivity contribution in [3.63, 3.8) is 0 Å². The largest absolute Gasteiger partial charge is 0.348 e. The highest BCUT2D eigenvalue weighted by atomic mass is 16.2. The van der Waals surface area contributed by atoms with Gasteiger partial charge in [-0.05, 0) is 57.9 Å². The molecule has 2 fully saturated rings. The lowest BCUT2D eigenvalue weighted by Crippen LogP contribution is -2.46. The highest BCUT2D eigenvalue weighted by Gasteiger charge is 2.33. The van der Waals surface area contributed by atoms with E-state index in [0.29, 0.717) is 12.0 Å². The molecule has 2 aliphatic rings. The zero-order chi connectivity index (χ0) is 18.2. The minimum Gasteiger partial charge on any atom is -0.348 e. The van der Waals surface area contributed by atoms with Gasteiger partial charge < -0.3 is 9.47 Å². The zero-order valence-electron chi connectivity index (χ0n) is 16.7. The fourth-order valence-electron chi connectivity index (χ4n) is 3.86. The highest BCUT2D eigenvalue weighted by Crippen LogP contribution is 2.32. The Morgan fingerprint density at radius 2 is 1.96 bits per heavy atom. The highest BCUT2D eigenvalue weighted by molar-refractivity contribution is 5.94. The fourth-order valence-corrected chi connectivity index (χ4v) is 3.86. The first-order valence-electron chi connectivity index (χ1n) is 9.97. The molecular weight excluding hydrogens is 310 g/mol. The van der Waals surface area contributed by atoms with E-state index in [1.54, 1.807) is 0 Å². The Morgan fingerprint density at radius 1 is 1.24 bits per heavy atom. The minimum absolute atomic E-state index is 0.0127. The van der Waals surface area contributed by atoms with Gasteiger partial charge in [0.2, 0.25) is 0 Å². The van der Waals surface area contributed by atoms with Crippen molar-refractivity contribution >= 4 is 5.91 Å². The van der Waals surface area contributed by atoms with Gasteiger partial charge in [-0.3, -0.25) is 9.69 Å². The van der Waals surface area contributed by atoms with Crippen LogP contribution in [0.1, 0.15) is 64.2 Å². The Bertz CT molecular complexity index is 595. The van der Waals surface area contributed by atoms with E-state index in [9.17, 15) is 4.79 Å². The van der Waals surface area contributed by atoms with Crippen molar-refractivity contribution in [2.24, 2.45) is 11.8 Å². The van der Waals surface area contributed by atoms with Crippen LogP contribution in [0, 0.1) is 11.8 Å². The van der Waals surface area contributed by atoms with E-state index in [1.165, 1.54) is 19.4 Å². The first-order chi connectivity index (χ1) is 11.8. The first-order valence-corrected chi connectivity index (χ1v) is 9.97. The average molecular weight is 346 g/mol. The lowest BCUT2D eigenvalue weighted by molar-refractivity contribution is 0.0704. The van der Waals surface area contributed by atoms with Crippen LogP contribution < -0.4 is 0 Å². The van der Waals surface area contributed by atoms with Gasteiger partial charge >= 0.3 is 0 Å². The molecule has 0 aromatic carbocycles. The molecule has 4 nitrogen and oxygen atoms in total. The van der Waals surface area contributed by atoms with E-state index in [2.05, 4.69) is 49.0 Å². The van der Waals surface area contributed by atoms with E-state index in [-0.39, 0.29) is 11.4 Å². The standard InChI is InChI=1S/C21H35N3O/c1-16(2)19-15-23(11-6-10-22(19)13-17-7-8-17)20(25)18-9-12-24(14-18)21(3,4)5/h9,12,14,16-17,19H,6-8,10-11,13,15H2,1-5H3/t19-/m0/s1. The summed E-state index contributed by atoms with van der Waals surface area (Å²) in [5.74, 6) is 1.68. The second-order valence-corrected chi connectivity index (χ2v) is 9.33. The van der Waals surface area contributed by atoms with Gasteiger partial charge in [-0.1, -0.05) is 13.8 Å². The van der Waals surface area contributed by atoms with Gasteiger partial charge in [-0.2, -0.15) is 0 Å². The Hall–Kier alpha value is -1.29. The van der Waals surface area contributed by atoms with Gasteiger partial charge in [0.1, 0.15) is 0 Å². The second-order valence-electron chi connectivity index (χ2n) is 9.33. The quantitative estimate of drug-likeness (QED) is 0.830. The molecule has 25 heavy (non-hydrogen) atoms. The summed E-state index contributed by atoms with van der Waals surface area (Å²) in [6, 6.07) is 2.46. The third kappa shape index (κ3) is 4.46. The summed E-state index contributed by atoms with van der Waals surface area (Å²) >= 11 is 0. The molecule has 1 amide bonds. The summed E-state index contributed by atoms with van der Waals surface area (Å²) in [5.41, 5.74) is 0.840. The fraction of sp³-hybridized carbons (Fsp3) is 0.762. The molecule has 1 saturated heterocycles. The van der Waals surface area contributed by atoms with Crippen molar-refractivity contribution in [3.8, 4) is 0 Å². The lowest BCUT2D eigenvalue weighted by Gasteiger charge is -2.34. The van der Waals surface area contributed by atoms with Gasteiger partial charge in [-0.25, -0.2) is 0 Å². The first kappa shape index (κ1) is 18.5. The summed E-state index contributed by atoms with van der Waals surface area (Å²) in [5, 5.41) is 0. The molecule has 1 aromatic heterocycles. The van der Waals surface area contributed by atoms with E-state index >= 15 is 0 Å². The van der Waals surface area contributed by atoms with Gasteiger partial charge in [0.15, 0.2) is 0 Å². The van der Waals surface area contributed by atoms with Crippen LogP contribution in [0.2, 0.25) is 0 Å². The third-order valence-corrected chi connectivity index (χ3v) is 5.71. The maximum atomic E-state index is 13.1. The molecule has 1 aliphatic carbocycles. The van der Waals surface area contributed by atoms with Crippen molar-refractivity contribution in [1.29, 1.82) is 0 Å². The number of hydrogen-bond donors (Lipinski definition) is 0. The maximum absolute atomic E-state index is 13.1. The molecule has 0 N–H and O–H groups in total. The maximum Gasteiger partial charge on any atom is 0.255 e. The Labute approximate surface area is 153 Å². The molecule has 2 heterocycles. The average Bonchev–Trinajstić information content (AvgIpc) is 3.24. The molecule has 1 aliphatic heterocycles. The number of hydrogen-bond acceptors (Lipinski definition) is 2. The molecule has 1 aromatic rings. The number of amides is 1. The Kier molecular flexibility index (Phi) is 5.29. The van der Waals surface area contributed by atoms with E-state index in [4.69, 9.17) is 0 Å². The van der Waals surface area contributed by atoms with Crippen molar-refractivity contribution < 1.29 is 4.79 Å². The van der Waals surface area contributed by atoms with Crippen LogP contribution in [0.15, 0.2) is 18.5 Å². The smallest absolute Gasteiger partial charge is 0.255 e. The molecule has 140 valence electrons. The van der Waals surface area contributed by atoms with Crippen molar-refractivity contribution in [2.45, 2.75) is 65.5 Å². The Morgan fingerprint density at radius 3 is 2.52 bits per heavy atom. The van der Waals surface area contributed by atoms with Crippen LogP contribution in [-0.4, -0.2) is 52.5 Å². The molecule has 0 bridgehead atoms. The van der Waals surface area contributed by atoms with Crippen LogP contribution >= 0.6 is 0 Å². The van der Waals surface area contributed by atoms with E-state index in [1.807, 2.05) is 18.5 Å². The molecule has 0 radical (unpaired) electrons. The normalized spacial score (nSPS) is 23.1. The van der Waals surface area contributed by atoms with Gasteiger partial charge in [0.05, 0.1) is 5.56 Å². The predicted octanol–water partition coefficient (Wildman–Crippen LogP) is 3.83. The minimum atomic E-state index is 0.0127. The summed E-state index contributed by atoms with van der Waals surface area (Å²) in [4.78, 5) is 17.9. The van der Waals surface area contributed by atoms with Crippen LogP contribution in [0.4, 0.5) is 0 Å². The second kappa shape index (κ2) is 7.14. The summed E-state index contributed by atoms with van der Waals surface area (Å²) < 4.78 is 2.14. The SMILES string of the molecule is CC(C)[C@@H]1CN(C(=O)c2ccn(C(C)(C)C)c2)CCCN1CC1CC1. The van der Waals surface area contributed by atoms with Crippen molar-refractivity contribution in [1.82, 2.24) is 14.4 Å². The number of carbonyl (C=O) groups excluding carboxylic acids is 1. The molecule has 0 unspecified atom stereocenters. The van der Waals surface area contributed by atoms with Crippen molar-refractivity contribution in [3.05, 3.63) is 24.0 Å². The van der Waals surface area contributed by atoms with Gasteiger partial charge in [0.25, 0.3) is 5.91 Å². The lowest BCUT2D eigenvalue weighted by atomic mass is 10.0. The monoisotopic (exact) mass is 345 g/mol. The van der Waals surface area contributed by atoms with Crippen molar-refractivity contribution in [2.75, 3.05) is 26.2 Å². The molecule has 0 spiro atoms. The van der Waals surface area contributed by atoms with Gasteiger partial charge in [-0.15, -0.1) is 0 Å². The summed E-state index contributed by atoms with van der Waals surface area (Å²) in [6.07, 6.45) is 7.92. The van der Waals surface area contributed by atoms with Crippen LogP contribution in [0.5, 0.6) is 0 Å². The molecule has 4 heteroatoms. The summed E-state index contributed by atoms with van der Waals surface area (Å²) in [7, 11) is 0. The number of nitrogens with zero attached hydrogens (tertiary/aromatic N) is 3. The zero-order valence-corrected chi connectivity index (χ0v) is 16.7. The third-order valence-electron chi connectivity index (χ3n) is 5.71. The van der Waals surface area contributed by atoms with Crippen LogP contribution in [-0.2, 0) is 5.54 Å². The molecule has 1 atom stereocenters.